The Bertz CT molecular complexity index is 659. The molecule has 7 nitrogen and oxygen atoms in total. The van der Waals surface area contributed by atoms with Crippen molar-refractivity contribution in [3.63, 3.8) is 0 Å². The van der Waals surface area contributed by atoms with Crippen molar-refractivity contribution in [2.45, 2.75) is 19.9 Å². The molecule has 2 aromatic heterocycles. The van der Waals surface area contributed by atoms with E-state index in [2.05, 4.69) is 25.2 Å². The van der Waals surface area contributed by atoms with Crippen molar-refractivity contribution in [2.24, 2.45) is 0 Å². The quantitative estimate of drug-likeness (QED) is 0.807. The van der Waals surface area contributed by atoms with Crippen LogP contribution in [0, 0.1) is 0 Å². The first-order valence-electron chi connectivity index (χ1n) is 6.56. The second-order valence-corrected chi connectivity index (χ2v) is 6.28. The topological polar surface area (TPSA) is 96.9 Å². The molecule has 2 heterocycles. The number of sulfonamides is 1. The summed E-state index contributed by atoms with van der Waals surface area (Å²) in [6.07, 6.45) is 3.98. The summed E-state index contributed by atoms with van der Waals surface area (Å²) < 4.78 is 25.6. The molecule has 0 atom stereocenters. The fourth-order valence-electron chi connectivity index (χ4n) is 1.65. The van der Waals surface area contributed by atoms with Gasteiger partial charge in [0, 0.05) is 18.9 Å². The molecular formula is C13H17N5O2S. The number of hydrogen-bond acceptors (Lipinski definition) is 6. The van der Waals surface area contributed by atoms with Gasteiger partial charge >= 0.3 is 0 Å². The molecule has 2 N–H and O–H groups in total. The molecular weight excluding hydrogens is 290 g/mol. The van der Waals surface area contributed by atoms with E-state index in [1.807, 2.05) is 12.1 Å². The lowest BCUT2D eigenvalue weighted by Gasteiger charge is -2.07. The van der Waals surface area contributed by atoms with Crippen molar-refractivity contribution in [2.75, 3.05) is 15.8 Å². The number of rotatable bonds is 7. The smallest absolute Gasteiger partial charge is 0.233 e. The Kier molecular flexibility index (Phi) is 5.04. The van der Waals surface area contributed by atoms with Crippen LogP contribution in [0.2, 0.25) is 0 Å². The normalized spacial score (nSPS) is 11.1. The molecule has 0 aliphatic heterocycles. The van der Waals surface area contributed by atoms with Gasteiger partial charge in [0.05, 0.1) is 5.75 Å². The molecule has 2 rings (SSSR count). The van der Waals surface area contributed by atoms with Crippen LogP contribution >= 0.6 is 0 Å². The predicted molar refractivity (Wildman–Crippen MR) is 81.3 cm³/mol. The van der Waals surface area contributed by atoms with Crippen LogP contribution in [0.15, 0.2) is 36.7 Å². The third-order valence-electron chi connectivity index (χ3n) is 2.62. The maximum Gasteiger partial charge on any atom is 0.233 e. The Morgan fingerprint density at radius 3 is 2.33 bits per heavy atom. The fourth-order valence-corrected chi connectivity index (χ4v) is 2.72. The molecule has 0 radical (unpaired) electrons. The highest BCUT2D eigenvalue weighted by atomic mass is 32.2. The summed E-state index contributed by atoms with van der Waals surface area (Å²) in [6.45, 7) is 2.40. The van der Waals surface area contributed by atoms with Gasteiger partial charge in [0.1, 0.15) is 5.82 Å². The predicted octanol–water partition coefficient (Wildman–Crippen LogP) is 1.64. The molecule has 21 heavy (non-hydrogen) atoms. The number of aromatic nitrogens is 3. The number of pyridine rings is 1. The Morgan fingerprint density at radius 2 is 1.71 bits per heavy atom. The molecule has 0 saturated heterocycles. The van der Waals surface area contributed by atoms with Gasteiger partial charge in [0.15, 0.2) is 5.82 Å². The van der Waals surface area contributed by atoms with Crippen molar-refractivity contribution in [1.29, 1.82) is 0 Å². The van der Waals surface area contributed by atoms with Gasteiger partial charge in [0.2, 0.25) is 10.0 Å². The van der Waals surface area contributed by atoms with Crippen LogP contribution in [0.4, 0.5) is 11.6 Å². The van der Waals surface area contributed by atoms with E-state index in [1.54, 1.807) is 31.5 Å². The number of nitrogens with one attached hydrogen (secondary N) is 2. The lowest BCUT2D eigenvalue weighted by Crippen LogP contribution is -2.17. The Balaban J connectivity index is 1.93. The van der Waals surface area contributed by atoms with E-state index in [4.69, 9.17) is 0 Å². The molecule has 0 saturated carbocycles. The van der Waals surface area contributed by atoms with Crippen LogP contribution in [0.3, 0.4) is 0 Å². The van der Waals surface area contributed by atoms with E-state index in [9.17, 15) is 8.42 Å². The van der Waals surface area contributed by atoms with Crippen LogP contribution in [-0.2, 0) is 16.6 Å². The van der Waals surface area contributed by atoms with Gasteiger partial charge in [-0.1, -0.05) is 6.92 Å². The summed E-state index contributed by atoms with van der Waals surface area (Å²) in [4.78, 5) is 3.94. The molecule has 0 fully saturated rings. The van der Waals surface area contributed by atoms with Gasteiger partial charge in [-0.15, -0.1) is 10.2 Å². The highest BCUT2D eigenvalue weighted by Crippen LogP contribution is 2.09. The molecule has 0 aliphatic rings. The second kappa shape index (κ2) is 6.98. The van der Waals surface area contributed by atoms with Gasteiger partial charge in [-0.2, -0.15) is 0 Å². The maximum atomic E-state index is 11.6. The minimum absolute atomic E-state index is 0.0662. The van der Waals surface area contributed by atoms with Crippen molar-refractivity contribution in [3.8, 4) is 0 Å². The molecule has 0 unspecified atom stereocenters. The van der Waals surface area contributed by atoms with E-state index in [0.717, 1.165) is 5.56 Å². The largest absolute Gasteiger partial charge is 0.365 e. The zero-order valence-electron chi connectivity index (χ0n) is 11.7. The van der Waals surface area contributed by atoms with E-state index >= 15 is 0 Å². The first-order valence-corrected chi connectivity index (χ1v) is 8.21. The molecule has 2 aromatic rings. The highest BCUT2D eigenvalue weighted by molar-refractivity contribution is 7.92. The van der Waals surface area contributed by atoms with Crippen molar-refractivity contribution in [1.82, 2.24) is 15.2 Å². The van der Waals surface area contributed by atoms with E-state index in [1.165, 1.54) is 0 Å². The summed E-state index contributed by atoms with van der Waals surface area (Å²) in [5.41, 5.74) is 1.07. The second-order valence-electron chi connectivity index (χ2n) is 4.43. The molecule has 112 valence electrons. The minimum atomic E-state index is -3.33. The Morgan fingerprint density at radius 1 is 1.05 bits per heavy atom. The number of nitrogens with zero attached hydrogens (tertiary/aromatic N) is 3. The summed E-state index contributed by atoms with van der Waals surface area (Å²) >= 11 is 0. The fraction of sp³-hybridized carbons (Fsp3) is 0.308. The summed E-state index contributed by atoms with van der Waals surface area (Å²) in [5, 5.41) is 10.9. The van der Waals surface area contributed by atoms with Crippen molar-refractivity contribution >= 4 is 21.7 Å². The molecule has 0 bridgehead atoms. The summed E-state index contributed by atoms with van der Waals surface area (Å²) in [7, 11) is -3.33. The Labute approximate surface area is 123 Å². The SMILES string of the molecule is CCCS(=O)(=O)Nc1ccc(NCc2ccncc2)nn1. The number of anilines is 2. The average Bonchev–Trinajstić information content (AvgIpc) is 2.47. The van der Waals surface area contributed by atoms with Crippen molar-refractivity contribution in [3.05, 3.63) is 42.2 Å². The lowest BCUT2D eigenvalue weighted by atomic mass is 10.3. The van der Waals surface area contributed by atoms with Crippen LogP contribution in [0.25, 0.3) is 0 Å². The van der Waals surface area contributed by atoms with Gasteiger partial charge < -0.3 is 5.32 Å². The minimum Gasteiger partial charge on any atom is -0.365 e. The summed E-state index contributed by atoms with van der Waals surface area (Å²) in [6, 6.07) is 7.05. The highest BCUT2D eigenvalue weighted by Gasteiger charge is 2.09. The molecule has 0 aliphatic carbocycles. The van der Waals surface area contributed by atoms with Gasteiger partial charge in [-0.25, -0.2) is 8.42 Å². The standard InChI is InChI=1S/C13H17N5O2S/c1-2-9-21(19,20)18-13-4-3-12(16-17-13)15-10-11-5-7-14-8-6-11/h3-8H,2,9-10H2,1H3,(H,15,16)(H,17,18). The van der Waals surface area contributed by atoms with Crippen LogP contribution in [-0.4, -0.2) is 29.4 Å². The third-order valence-corrected chi connectivity index (χ3v) is 4.09. The van der Waals surface area contributed by atoms with Gasteiger partial charge in [-0.3, -0.25) is 9.71 Å². The zero-order chi connectivity index (χ0) is 15.1. The lowest BCUT2D eigenvalue weighted by molar-refractivity contribution is 0.599. The molecule has 0 amide bonds. The van der Waals surface area contributed by atoms with Crippen LogP contribution in [0.1, 0.15) is 18.9 Å². The third kappa shape index (κ3) is 4.99. The molecule has 8 heteroatoms. The monoisotopic (exact) mass is 307 g/mol. The maximum absolute atomic E-state index is 11.6. The van der Waals surface area contributed by atoms with Crippen LogP contribution in [0.5, 0.6) is 0 Å². The number of hydrogen-bond donors (Lipinski definition) is 2. The van der Waals surface area contributed by atoms with E-state index in [0.29, 0.717) is 18.8 Å². The van der Waals surface area contributed by atoms with E-state index in [-0.39, 0.29) is 11.6 Å². The van der Waals surface area contributed by atoms with Gasteiger partial charge in [-0.05, 0) is 36.2 Å². The first-order chi connectivity index (χ1) is 10.1. The molecule has 0 spiro atoms. The van der Waals surface area contributed by atoms with Crippen LogP contribution < -0.4 is 10.0 Å². The zero-order valence-corrected chi connectivity index (χ0v) is 12.5. The first kappa shape index (κ1) is 15.2. The van der Waals surface area contributed by atoms with Crippen molar-refractivity contribution < 1.29 is 8.42 Å². The Hall–Kier alpha value is -2.22. The molecule has 0 aromatic carbocycles. The van der Waals surface area contributed by atoms with Gasteiger partial charge in [0.25, 0.3) is 0 Å². The van der Waals surface area contributed by atoms with E-state index < -0.39 is 10.0 Å². The summed E-state index contributed by atoms with van der Waals surface area (Å²) in [5.74, 6) is 0.861. The average molecular weight is 307 g/mol.